The van der Waals surface area contributed by atoms with E-state index >= 15 is 4.39 Å². The van der Waals surface area contributed by atoms with Crippen molar-refractivity contribution in [1.82, 2.24) is 55.4 Å². The number of benzene rings is 2. The summed E-state index contributed by atoms with van der Waals surface area (Å²) in [5.74, 6) is -2.12. The molecule has 1 unspecified atom stereocenters. The average molecular weight is 715 g/mol. The van der Waals surface area contributed by atoms with Crippen LogP contribution in [0.4, 0.5) is 17.6 Å². The molecule has 18 heteroatoms. The van der Waals surface area contributed by atoms with Crippen molar-refractivity contribution in [2.24, 2.45) is 7.05 Å². The summed E-state index contributed by atoms with van der Waals surface area (Å²) in [6, 6.07) is 7.96. The van der Waals surface area contributed by atoms with Crippen LogP contribution >= 0.6 is 0 Å². The second-order valence-electron chi connectivity index (χ2n) is 13.2. The van der Waals surface area contributed by atoms with Gasteiger partial charge in [0.15, 0.2) is 5.69 Å². The maximum atomic E-state index is 15.7. The van der Waals surface area contributed by atoms with E-state index in [2.05, 4.69) is 47.2 Å². The van der Waals surface area contributed by atoms with Crippen molar-refractivity contribution in [3.05, 3.63) is 88.9 Å². The van der Waals surface area contributed by atoms with Gasteiger partial charge < -0.3 is 10.2 Å². The van der Waals surface area contributed by atoms with Gasteiger partial charge in [0.05, 0.1) is 59.1 Å². The van der Waals surface area contributed by atoms with Gasteiger partial charge in [0.1, 0.15) is 17.6 Å². The molecule has 52 heavy (non-hydrogen) atoms. The topological polar surface area (TPSA) is 179 Å². The molecule has 0 saturated carbocycles. The molecular weight excluding hydrogens is 684 g/mol. The maximum Gasteiger partial charge on any atom is 0.435 e. The van der Waals surface area contributed by atoms with Crippen LogP contribution in [-0.2, 0) is 37.4 Å². The summed E-state index contributed by atoms with van der Waals surface area (Å²) < 4.78 is 59.4. The summed E-state index contributed by atoms with van der Waals surface area (Å²) in [4.78, 5) is 29.8. The number of nitrogens with one attached hydrogen (secondary N) is 3. The molecule has 5 heterocycles. The van der Waals surface area contributed by atoms with E-state index in [4.69, 9.17) is 0 Å². The molecule has 6 aromatic rings. The Balaban J connectivity index is 1.22. The van der Waals surface area contributed by atoms with E-state index in [0.717, 1.165) is 16.1 Å². The smallest absolute Gasteiger partial charge is 0.348 e. The number of hydrogen-bond donors (Lipinski definition) is 3. The van der Waals surface area contributed by atoms with Crippen molar-refractivity contribution >= 4 is 22.7 Å². The molecule has 1 aliphatic rings. The molecule has 0 radical (unpaired) electrons. The molecule has 2 amide bonds. The lowest BCUT2D eigenvalue weighted by Crippen LogP contribution is -2.58. The van der Waals surface area contributed by atoms with Gasteiger partial charge in [0.25, 0.3) is 5.91 Å². The largest absolute Gasteiger partial charge is 0.435 e. The number of aromatic amines is 2. The first-order chi connectivity index (χ1) is 24.7. The van der Waals surface area contributed by atoms with Gasteiger partial charge in [0.2, 0.25) is 5.91 Å². The summed E-state index contributed by atoms with van der Waals surface area (Å²) in [5.41, 5.74) is 0.570. The molecule has 0 spiro atoms. The highest BCUT2D eigenvalue weighted by atomic mass is 19.4. The highest BCUT2D eigenvalue weighted by Gasteiger charge is 2.40. The highest BCUT2D eigenvalue weighted by Crippen LogP contribution is 2.37. The minimum Gasteiger partial charge on any atom is -0.348 e. The van der Waals surface area contributed by atoms with Crippen molar-refractivity contribution in [3.63, 3.8) is 0 Å². The summed E-state index contributed by atoms with van der Waals surface area (Å²) in [7, 11) is 1.70. The van der Waals surface area contributed by atoms with Crippen LogP contribution in [0.25, 0.3) is 33.4 Å². The molecule has 14 nitrogen and oxygen atoms in total. The molecule has 2 aromatic carbocycles. The molecule has 4 aromatic heterocycles. The van der Waals surface area contributed by atoms with Gasteiger partial charge in [-0.1, -0.05) is 6.07 Å². The Morgan fingerprint density at radius 2 is 1.92 bits per heavy atom. The fourth-order valence-electron chi connectivity index (χ4n) is 6.63. The zero-order valence-electron chi connectivity index (χ0n) is 28.0. The zero-order chi connectivity index (χ0) is 36.9. The van der Waals surface area contributed by atoms with Crippen molar-refractivity contribution < 1.29 is 27.2 Å². The van der Waals surface area contributed by atoms with Crippen LogP contribution in [0.15, 0.2) is 55.1 Å². The Bertz CT molecular complexity index is 2360. The Hall–Kier alpha value is -6.38. The minimum atomic E-state index is -4.74. The number of nitrogens with zero attached hydrogens (tertiary/aromatic N) is 9. The minimum absolute atomic E-state index is 0.0120. The first-order valence-electron chi connectivity index (χ1n) is 16.0. The zero-order valence-corrected chi connectivity index (χ0v) is 28.0. The van der Waals surface area contributed by atoms with Gasteiger partial charge in [-0.3, -0.25) is 24.1 Å². The fraction of sp³-hybridized carbons (Fsp3) is 0.294. The van der Waals surface area contributed by atoms with Crippen LogP contribution < -0.4 is 5.32 Å². The second-order valence-corrected chi connectivity index (χ2v) is 13.2. The SMILES string of the molecule is Cn1cc(CC(C(=O)NC(C)(C)Cn2nc(C(F)(F)F)cc2-c2cn[nH]n2)N2CCc3c(-c4cc5cn[nH]c5cc4C#N)ccc(F)c3C2=O)cn1. The number of rotatable bonds is 9. The number of carbonyl (C=O) groups is 2. The van der Waals surface area contributed by atoms with E-state index in [0.29, 0.717) is 33.3 Å². The van der Waals surface area contributed by atoms with Crippen LogP contribution in [0, 0.1) is 17.1 Å². The van der Waals surface area contributed by atoms with Gasteiger partial charge in [-0.15, -0.1) is 0 Å². The highest BCUT2D eigenvalue weighted by molar-refractivity contribution is 6.02. The molecule has 0 fully saturated rings. The molecule has 3 N–H and O–H groups in total. The number of nitriles is 1. The number of carbonyl (C=O) groups excluding carboxylic acids is 2. The van der Waals surface area contributed by atoms with Crippen molar-refractivity contribution in [3.8, 4) is 28.6 Å². The van der Waals surface area contributed by atoms with Gasteiger partial charge in [-0.25, -0.2) is 4.39 Å². The Labute approximate surface area is 292 Å². The van der Waals surface area contributed by atoms with E-state index in [9.17, 15) is 28.0 Å². The third-order valence-electron chi connectivity index (χ3n) is 8.95. The lowest BCUT2D eigenvalue weighted by molar-refractivity contribution is -0.141. The van der Waals surface area contributed by atoms with E-state index in [-0.39, 0.29) is 42.9 Å². The van der Waals surface area contributed by atoms with Crippen LogP contribution in [-0.4, -0.2) is 80.0 Å². The Morgan fingerprint density at radius 3 is 2.62 bits per heavy atom. The number of alkyl halides is 3. The van der Waals surface area contributed by atoms with Gasteiger partial charge >= 0.3 is 6.18 Å². The van der Waals surface area contributed by atoms with E-state index in [1.54, 1.807) is 56.3 Å². The first-order valence-corrected chi connectivity index (χ1v) is 16.0. The second kappa shape index (κ2) is 12.7. The van der Waals surface area contributed by atoms with Crippen molar-refractivity contribution in [2.45, 2.75) is 51.0 Å². The Morgan fingerprint density at radius 1 is 1.12 bits per heavy atom. The van der Waals surface area contributed by atoms with E-state index in [1.165, 1.54) is 23.2 Å². The summed E-state index contributed by atoms with van der Waals surface area (Å²) in [5, 5.41) is 38.3. The molecule has 1 aliphatic heterocycles. The predicted molar refractivity (Wildman–Crippen MR) is 176 cm³/mol. The number of aryl methyl sites for hydroxylation is 1. The van der Waals surface area contributed by atoms with Gasteiger partial charge in [0, 0.05) is 37.2 Å². The third kappa shape index (κ3) is 6.36. The number of amides is 2. The van der Waals surface area contributed by atoms with E-state index in [1.807, 2.05) is 0 Å². The quantitative estimate of drug-likeness (QED) is 0.187. The maximum absolute atomic E-state index is 15.7. The van der Waals surface area contributed by atoms with Crippen LogP contribution in [0.5, 0.6) is 0 Å². The molecule has 7 rings (SSSR count). The number of H-pyrrole nitrogens is 2. The summed E-state index contributed by atoms with van der Waals surface area (Å²) in [6.07, 6.45) is 1.53. The van der Waals surface area contributed by atoms with Gasteiger partial charge in [-0.2, -0.15) is 49.1 Å². The van der Waals surface area contributed by atoms with Crippen molar-refractivity contribution in [1.29, 1.82) is 5.26 Å². The average Bonchev–Trinajstić information content (AvgIpc) is 3.91. The summed E-state index contributed by atoms with van der Waals surface area (Å²) >= 11 is 0. The lowest BCUT2D eigenvalue weighted by Gasteiger charge is -2.37. The fourth-order valence-corrected chi connectivity index (χ4v) is 6.63. The molecule has 0 bridgehead atoms. The lowest BCUT2D eigenvalue weighted by atomic mass is 9.87. The molecule has 0 aliphatic carbocycles. The molecule has 0 saturated heterocycles. The standard InChI is InChI=1S/C34H30F4N12O2/c1-33(2,17-50-27(26-15-41-47-45-26)11-29(46-50)34(36,37)38)43-31(51)28(8-18-13-42-48(3)16-18)49-7-6-22-21(4-5-24(35)30(22)32(49)52)23-9-20-14-40-44-25(20)10-19(23)12-39/h4-5,9-11,13-16,28H,6-8,17H2,1-3H3,(H,40,44)(H,43,51)(H,41,45,47). The van der Waals surface area contributed by atoms with Gasteiger partial charge in [-0.05, 0) is 61.2 Å². The van der Waals surface area contributed by atoms with Crippen LogP contribution in [0.2, 0.25) is 0 Å². The number of hydrogen-bond acceptors (Lipinski definition) is 8. The monoisotopic (exact) mass is 714 g/mol. The first kappa shape index (κ1) is 34.1. The number of fused-ring (bicyclic) bond motifs is 2. The van der Waals surface area contributed by atoms with E-state index < -0.39 is 41.1 Å². The van der Waals surface area contributed by atoms with Crippen LogP contribution in [0.1, 0.15) is 46.6 Å². The predicted octanol–water partition coefficient (Wildman–Crippen LogP) is 4.18. The van der Waals surface area contributed by atoms with Crippen molar-refractivity contribution in [2.75, 3.05) is 6.54 Å². The molecule has 266 valence electrons. The molecule has 1 atom stereocenters. The normalized spacial score (nSPS) is 14.0. The number of aromatic nitrogens is 9. The third-order valence-corrected chi connectivity index (χ3v) is 8.95. The number of halogens is 4. The summed E-state index contributed by atoms with van der Waals surface area (Å²) in [6.45, 7) is 3.03. The molecular formula is C34H30F4N12O2. The van der Waals surface area contributed by atoms with Crippen LogP contribution in [0.3, 0.4) is 0 Å². The Kier molecular flexibility index (Phi) is 8.35.